The molecule has 0 amide bonds. The first kappa shape index (κ1) is 15.6. The van der Waals surface area contributed by atoms with Crippen LogP contribution in [-0.4, -0.2) is 17.3 Å². The summed E-state index contributed by atoms with van der Waals surface area (Å²) >= 11 is 17.9. The molecule has 108 valence electrons. The van der Waals surface area contributed by atoms with Crippen molar-refractivity contribution in [3.8, 4) is 0 Å². The maximum absolute atomic E-state index is 10.9. The molecule has 0 bridgehead atoms. The Bertz CT molecular complexity index is 717. The SMILES string of the molecule is O=C(O)c1ccc(Cl)c(N/N=C\c2cccc(Cl)c2Cl)c1. The third kappa shape index (κ3) is 3.88. The highest BCUT2D eigenvalue weighted by molar-refractivity contribution is 6.43. The topological polar surface area (TPSA) is 61.7 Å². The number of halogens is 3. The number of carboxylic acids is 1. The zero-order chi connectivity index (χ0) is 15.4. The van der Waals surface area contributed by atoms with Crippen molar-refractivity contribution in [2.24, 2.45) is 5.10 Å². The highest BCUT2D eigenvalue weighted by atomic mass is 35.5. The van der Waals surface area contributed by atoms with Crippen LogP contribution in [0, 0.1) is 0 Å². The molecule has 0 saturated heterocycles. The second-order valence-corrected chi connectivity index (χ2v) is 5.21. The molecule has 0 aliphatic heterocycles. The standard InChI is InChI=1S/C14H9Cl3N2O2/c15-10-5-4-8(14(20)21)6-12(10)19-18-7-9-2-1-3-11(16)13(9)17/h1-7,19H,(H,20,21)/b18-7-. The van der Waals surface area contributed by atoms with Crippen LogP contribution in [0.3, 0.4) is 0 Å². The molecule has 2 aromatic carbocycles. The van der Waals surface area contributed by atoms with Gasteiger partial charge in [0.05, 0.1) is 32.5 Å². The minimum Gasteiger partial charge on any atom is -0.478 e. The summed E-state index contributed by atoms with van der Waals surface area (Å²) in [6, 6.07) is 9.44. The molecule has 0 radical (unpaired) electrons. The van der Waals surface area contributed by atoms with Crippen LogP contribution in [0.4, 0.5) is 5.69 Å². The summed E-state index contributed by atoms with van der Waals surface area (Å²) in [6.45, 7) is 0. The van der Waals surface area contributed by atoms with E-state index in [0.29, 0.717) is 26.3 Å². The van der Waals surface area contributed by atoms with Gasteiger partial charge in [0, 0.05) is 5.56 Å². The number of hydrazone groups is 1. The molecule has 0 spiro atoms. The van der Waals surface area contributed by atoms with Gasteiger partial charge in [-0.15, -0.1) is 0 Å². The molecule has 2 aromatic rings. The predicted octanol–water partition coefficient (Wildman–Crippen LogP) is 4.79. The fraction of sp³-hybridized carbons (Fsp3) is 0. The first-order valence-corrected chi connectivity index (χ1v) is 6.88. The minimum atomic E-state index is -1.04. The molecule has 0 aromatic heterocycles. The number of rotatable bonds is 4. The Morgan fingerprint density at radius 3 is 2.62 bits per heavy atom. The van der Waals surface area contributed by atoms with Crippen LogP contribution in [0.1, 0.15) is 15.9 Å². The summed E-state index contributed by atoms with van der Waals surface area (Å²) in [4.78, 5) is 10.9. The zero-order valence-electron chi connectivity index (χ0n) is 10.5. The van der Waals surface area contributed by atoms with Crippen LogP contribution in [0.5, 0.6) is 0 Å². The van der Waals surface area contributed by atoms with E-state index in [1.807, 2.05) is 0 Å². The third-order valence-electron chi connectivity index (χ3n) is 2.58. The Hall–Kier alpha value is -1.75. The largest absolute Gasteiger partial charge is 0.478 e. The first-order chi connectivity index (χ1) is 9.99. The van der Waals surface area contributed by atoms with Gasteiger partial charge in [-0.1, -0.05) is 46.9 Å². The zero-order valence-corrected chi connectivity index (χ0v) is 12.7. The quantitative estimate of drug-likeness (QED) is 0.619. The molecule has 0 aliphatic rings. The van der Waals surface area contributed by atoms with Crippen LogP contribution in [0.2, 0.25) is 15.1 Å². The number of hydrogen-bond acceptors (Lipinski definition) is 3. The van der Waals surface area contributed by atoms with E-state index in [9.17, 15) is 4.79 Å². The van der Waals surface area contributed by atoms with Crippen molar-refractivity contribution in [3.63, 3.8) is 0 Å². The predicted molar refractivity (Wildman–Crippen MR) is 86.1 cm³/mol. The lowest BCUT2D eigenvalue weighted by molar-refractivity contribution is 0.0697. The maximum atomic E-state index is 10.9. The molecule has 4 nitrogen and oxygen atoms in total. The molecular weight excluding hydrogens is 335 g/mol. The smallest absolute Gasteiger partial charge is 0.335 e. The lowest BCUT2D eigenvalue weighted by Gasteiger charge is -2.05. The van der Waals surface area contributed by atoms with Gasteiger partial charge in [-0.25, -0.2) is 4.79 Å². The first-order valence-electron chi connectivity index (χ1n) is 5.75. The van der Waals surface area contributed by atoms with Crippen molar-refractivity contribution in [2.75, 3.05) is 5.43 Å². The molecule has 0 aliphatic carbocycles. The third-order valence-corrected chi connectivity index (χ3v) is 3.75. The van der Waals surface area contributed by atoms with Gasteiger partial charge in [-0.2, -0.15) is 5.10 Å². The molecule has 0 unspecified atom stereocenters. The van der Waals surface area contributed by atoms with Crippen molar-refractivity contribution in [1.82, 2.24) is 0 Å². The number of aromatic carboxylic acids is 1. The normalized spacial score (nSPS) is 10.8. The number of nitrogens with one attached hydrogen (secondary N) is 1. The lowest BCUT2D eigenvalue weighted by atomic mass is 10.2. The van der Waals surface area contributed by atoms with E-state index < -0.39 is 5.97 Å². The highest BCUT2D eigenvalue weighted by Crippen LogP contribution is 2.25. The van der Waals surface area contributed by atoms with Gasteiger partial charge in [0.1, 0.15) is 0 Å². The Labute approximate surface area is 135 Å². The lowest BCUT2D eigenvalue weighted by Crippen LogP contribution is -1.98. The summed E-state index contributed by atoms with van der Waals surface area (Å²) in [7, 11) is 0. The maximum Gasteiger partial charge on any atom is 0.335 e. The van der Waals surface area contributed by atoms with Crippen LogP contribution < -0.4 is 5.43 Å². The molecule has 7 heteroatoms. The highest BCUT2D eigenvalue weighted by Gasteiger charge is 2.07. The van der Waals surface area contributed by atoms with Crippen LogP contribution in [0.25, 0.3) is 0 Å². The summed E-state index contributed by atoms with van der Waals surface area (Å²) in [6.07, 6.45) is 1.47. The number of benzene rings is 2. The monoisotopic (exact) mass is 342 g/mol. The van der Waals surface area contributed by atoms with Crippen molar-refractivity contribution < 1.29 is 9.90 Å². The van der Waals surface area contributed by atoms with Crippen molar-refractivity contribution in [3.05, 3.63) is 62.6 Å². The fourth-order valence-electron chi connectivity index (χ4n) is 1.54. The van der Waals surface area contributed by atoms with Gasteiger partial charge in [0.15, 0.2) is 0 Å². The van der Waals surface area contributed by atoms with E-state index in [2.05, 4.69) is 10.5 Å². The average molecular weight is 344 g/mol. The number of carbonyl (C=O) groups is 1. The summed E-state index contributed by atoms with van der Waals surface area (Å²) in [5, 5.41) is 14.1. The average Bonchev–Trinajstić information content (AvgIpc) is 2.45. The van der Waals surface area contributed by atoms with Crippen LogP contribution in [-0.2, 0) is 0 Å². The Balaban J connectivity index is 2.19. The van der Waals surface area contributed by atoms with Gasteiger partial charge in [-0.05, 0) is 24.3 Å². The minimum absolute atomic E-state index is 0.109. The van der Waals surface area contributed by atoms with Gasteiger partial charge < -0.3 is 5.11 Å². The summed E-state index contributed by atoms with van der Waals surface area (Å²) < 4.78 is 0. The molecule has 0 saturated carbocycles. The summed E-state index contributed by atoms with van der Waals surface area (Å²) in [5.41, 5.74) is 3.79. The van der Waals surface area contributed by atoms with Crippen LogP contribution >= 0.6 is 34.8 Å². The van der Waals surface area contributed by atoms with E-state index in [1.165, 1.54) is 24.4 Å². The van der Waals surface area contributed by atoms with Gasteiger partial charge in [0.2, 0.25) is 0 Å². The number of carboxylic acid groups (broad SMARTS) is 1. The van der Waals surface area contributed by atoms with Gasteiger partial charge in [-0.3, -0.25) is 5.43 Å². The number of nitrogens with zero attached hydrogens (tertiary/aromatic N) is 1. The van der Waals surface area contributed by atoms with E-state index in [-0.39, 0.29) is 5.56 Å². The second kappa shape index (κ2) is 6.80. The molecule has 0 heterocycles. The Morgan fingerprint density at radius 1 is 1.14 bits per heavy atom. The number of anilines is 1. The Kier molecular flexibility index (Phi) is 5.07. The molecule has 0 fully saturated rings. The second-order valence-electron chi connectivity index (χ2n) is 4.01. The molecule has 0 atom stereocenters. The van der Waals surface area contributed by atoms with Crippen molar-refractivity contribution >= 4 is 52.7 Å². The molecule has 2 rings (SSSR count). The molecular formula is C14H9Cl3N2O2. The molecule has 2 N–H and O–H groups in total. The van der Waals surface area contributed by atoms with E-state index in [0.717, 1.165) is 0 Å². The van der Waals surface area contributed by atoms with Crippen molar-refractivity contribution in [1.29, 1.82) is 0 Å². The molecule has 21 heavy (non-hydrogen) atoms. The summed E-state index contributed by atoms with van der Waals surface area (Å²) in [5.74, 6) is -1.04. The van der Waals surface area contributed by atoms with E-state index in [1.54, 1.807) is 18.2 Å². The Morgan fingerprint density at radius 2 is 1.90 bits per heavy atom. The fourth-order valence-corrected chi connectivity index (χ4v) is 2.05. The number of hydrogen-bond donors (Lipinski definition) is 2. The van der Waals surface area contributed by atoms with E-state index >= 15 is 0 Å². The van der Waals surface area contributed by atoms with Gasteiger partial charge in [0.25, 0.3) is 0 Å². The van der Waals surface area contributed by atoms with E-state index in [4.69, 9.17) is 39.9 Å². The van der Waals surface area contributed by atoms with Gasteiger partial charge >= 0.3 is 5.97 Å². The van der Waals surface area contributed by atoms with Crippen molar-refractivity contribution in [2.45, 2.75) is 0 Å². The van der Waals surface area contributed by atoms with Crippen LogP contribution in [0.15, 0.2) is 41.5 Å².